The lowest BCUT2D eigenvalue weighted by molar-refractivity contribution is 0.663. The summed E-state index contributed by atoms with van der Waals surface area (Å²) in [6.07, 6.45) is 2.77. The summed E-state index contributed by atoms with van der Waals surface area (Å²) < 4.78 is 0.567. The predicted octanol–water partition coefficient (Wildman–Crippen LogP) is 1.93. The largest absolute Gasteiger partial charge is 0.312 e. The zero-order valence-corrected chi connectivity index (χ0v) is 8.56. The summed E-state index contributed by atoms with van der Waals surface area (Å²) in [4.78, 5) is 0. The number of thioether (sulfide) groups is 2. The van der Waals surface area contributed by atoms with Crippen molar-refractivity contribution in [3.8, 4) is 0 Å². The molecule has 0 aromatic heterocycles. The van der Waals surface area contributed by atoms with E-state index in [0.29, 0.717) is 4.08 Å². The van der Waals surface area contributed by atoms with E-state index in [9.17, 15) is 0 Å². The lowest BCUT2D eigenvalue weighted by atomic mass is 10.2. The van der Waals surface area contributed by atoms with Crippen LogP contribution in [0.1, 0.15) is 19.8 Å². The quantitative estimate of drug-likeness (QED) is 0.625. The van der Waals surface area contributed by atoms with E-state index in [1.54, 1.807) is 0 Å². The van der Waals surface area contributed by atoms with E-state index in [0.717, 1.165) is 6.04 Å². The summed E-state index contributed by atoms with van der Waals surface area (Å²) in [5, 5.41) is 3.54. The van der Waals surface area contributed by atoms with Crippen LogP contribution >= 0.6 is 23.5 Å². The first-order chi connectivity index (χ1) is 5.31. The van der Waals surface area contributed by atoms with Gasteiger partial charge in [0.25, 0.3) is 0 Å². The minimum absolute atomic E-state index is 0.567. The van der Waals surface area contributed by atoms with Gasteiger partial charge in [-0.05, 0) is 31.3 Å². The molecule has 2 aliphatic rings. The van der Waals surface area contributed by atoms with Crippen molar-refractivity contribution in [1.82, 2.24) is 5.32 Å². The molecule has 2 fully saturated rings. The van der Waals surface area contributed by atoms with E-state index in [2.05, 4.69) is 35.8 Å². The van der Waals surface area contributed by atoms with E-state index in [-0.39, 0.29) is 0 Å². The molecule has 0 saturated carbocycles. The van der Waals surface area contributed by atoms with Crippen LogP contribution in [0.25, 0.3) is 0 Å². The van der Waals surface area contributed by atoms with E-state index in [1.165, 1.54) is 30.9 Å². The van der Waals surface area contributed by atoms with Crippen LogP contribution in [0.4, 0.5) is 0 Å². The fraction of sp³-hybridized carbons (Fsp3) is 1.00. The lowest BCUT2D eigenvalue weighted by Gasteiger charge is -2.31. The Kier molecular flexibility index (Phi) is 2.40. The van der Waals surface area contributed by atoms with Gasteiger partial charge in [0.1, 0.15) is 0 Å². The molecule has 1 N–H and O–H groups in total. The van der Waals surface area contributed by atoms with Gasteiger partial charge in [-0.25, -0.2) is 0 Å². The van der Waals surface area contributed by atoms with Crippen LogP contribution in [0.5, 0.6) is 0 Å². The van der Waals surface area contributed by atoms with Crippen molar-refractivity contribution in [1.29, 1.82) is 0 Å². The highest BCUT2D eigenvalue weighted by molar-refractivity contribution is 8.18. The Morgan fingerprint density at radius 2 is 2.09 bits per heavy atom. The molecule has 3 heteroatoms. The molecule has 1 atom stereocenters. The van der Waals surface area contributed by atoms with Crippen molar-refractivity contribution in [3.05, 3.63) is 0 Å². The number of rotatable bonds is 0. The second-order valence-electron chi connectivity index (χ2n) is 3.45. The summed E-state index contributed by atoms with van der Waals surface area (Å²) in [6.45, 7) is 3.52. The molecule has 0 bridgehead atoms. The second kappa shape index (κ2) is 3.19. The van der Waals surface area contributed by atoms with Crippen LogP contribution < -0.4 is 5.32 Å². The Morgan fingerprint density at radius 3 is 2.64 bits per heavy atom. The van der Waals surface area contributed by atoms with Crippen molar-refractivity contribution in [2.24, 2.45) is 0 Å². The van der Waals surface area contributed by atoms with Crippen LogP contribution in [-0.2, 0) is 0 Å². The lowest BCUT2D eigenvalue weighted by Crippen LogP contribution is -2.27. The summed E-state index contributed by atoms with van der Waals surface area (Å²) >= 11 is 4.35. The topological polar surface area (TPSA) is 12.0 Å². The average molecular weight is 189 g/mol. The Hall–Kier alpha value is 0.660. The molecule has 2 heterocycles. The zero-order valence-electron chi connectivity index (χ0n) is 6.93. The normalized spacial score (nSPS) is 36.3. The van der Waals surface area contributed by atoms with E-state index in [4.69, 9.17) is 0 Å². The van der Waals surface area contributed by atoms with Crippen molar-refractivity contribution < 1.29 is 0 Å². The van der Waals surface area contributed by atoms with Crippen molar-refractivity contribution in [3.63, 3.8) is 0 Å². The number of nitrogens with one attached hydrogen (secondary N) is 1. The summed E-state index contributed by atoms with van der Waals surface area (Å²) in [5.41, 5.74) is 0. The van der Waals surface area contributed by atoms with Gasteiger partial charge in [-0.3, -0.25) is 0 Å². The molecule has 2 saturated heterocycles. The molecule has 0 unspecified atom stereocenters. The van der Waals surface area contributed by atoms with Crippen molar-refractivity contribution in [2.75, 3.05) is 18.1 Å². The highest BCUT2D eigenvalue weighted by atomic mass is 32.2. The van der Waals surface area contributed by atoms with Crippen LogP contribution in [0.2, 0.25) is 0 Å². The molecule has 64 valence electrons. The second-order valence-corrected chi connectivity index (χ2v) is 6.66. The first-order valence-corrected chi connectivity index (χ1v) is 6.29. The van der Waals surface area contributed by atoms with Crippen molar-refractivity contribution in [2.45, 2.75) is 29.9 Å². The molecule has 0 radical (unpaired) electrons. The fourth-order valence-electron chi connectivity index (χ4n) is 1.78. The zero-order chi connectivity index (χ0) is 7.73. The number of hydrogen-bond donors (Lipinski definition) is 1. The molecule has 1 spiro atoms. The van der Waals surface area contributed by atoms with Crippen LogP contribution in [0.15, 0.2) is 0 Å². The van der Waals surface area contributed by atoms with E-state index in [1.807, 2.05) is 0 Å². The summed E-state index contributed by atoms with van der Waals surface area (Å²) in [7, 11) is 0. The SMILES string of the molecule is C[C@@H]1CC2(CN1)SCCCS2. The van der Waals surface area contributed by atoms with Crippen LogP contribution in [0.3, 0.4) is 0 Å². The monoisotopic (exact) mass is 189 g/mol. The van der Waals surface area contributed by atoms with E-state index >= 15 is 0 Å². The molecule has 1 nitrogen and oxygen atoms in total. The molecule has 0 amide bonds. The van der Waals surface area contributed by atoms with Gasteiger partial charge in [0.05, 0.1) is 4.08 Å². The minimum atomic E-state index is 0.567. The van der Waals surface area contributed by atoms with Gasteiger partial charge >= 0.3 is 0 Å². The third-order valence-electron chi connectivity index (χ3n) is 2.36. The average Bonchev–Trinajstić information content (AvgIpc) is 2.34. The van der Waals surface area contributed by atoms with Crippen molar-refractivity contribution >= 4 is 23.5 Å². The third-order valence-corrected chi connectivity index (χ3v) is 5.72. The van der Waals surface area contributed by atoms with Gasteiger partial charge in [-0.15, -0.1) is 23.5 Å². The molecule has 0 aromatic rings. The molecule has 0 aliphatic carbocycles. The Labute approximate surface area is 77.1 Å². The highest BCUT2D eigenvalue weighted by Crippen LogP contribution is 2.47. The van der Waals surface area contributed by atoms with Gasteiger partial charge in [0, 0.05) is 12.6 Å². The first kappa shape index (κ1) is 8.27. The Morgan fingerprint density at radius 1 is 1.36 bits per heavy atom. The molecule has 11 heavy (non-hydrogen) atoms. The molecule has 2 aliphatic heterocycles. The maximum Gasteiger partial charge on any atom is 0.0749 e. The van der Waals surface area contributed by atoms with Crippen LogP contribution in [0, 0.1) is 0 Å². The Balaban J connectivity index is 1.98. The van der Waals surface area contributed by atoms with Gasteiger partial charge in [-0.2, -0.15) is 0 Å². The maximum absolute atomic E-state index is 3.54. The highest BCUT2D eigenvalue weighted by Gasteiger charge is 2.39. The molecular weight excluding hydrogens is 174 g/mol. The summed E-state index contributed by atoms with van der Waals surface area (Å²) in [5.74, 6) is 2.75. The molecule has 2 rings (SSSR count). The molecule has 0 aromatic carbocycles. The van der Waals surface area contributed by atoms with Gasteiger partial charge in [0.2, 0.25) is 0 Å². The smallest absolute Gasteiger partial charge is 0.0749 e. The van der Waals surface area contributed by atoms with Gasteiger partial charge in [-0.1, -0.05) is 0 Å². The van der Waals surface area contributed by atoms with Gasteiger partial charge < -0.3 is 5.32 Å². The minimum Gasteiger partial charge on any atom is -0.312 e. The van der Waals surface area contributed by atoms with Gasteiger partial charge in [0.15, 0.2) is 0 Å². The molecular formula is C8H15NS2. The maximum atomic E-state index is 3.54. The third kappa shape index (κ3) is 1.70. The standard InChI is InChI=1S/C8H15NS2/c1-7-5-8(6-9-7)10-3-2-4-11-8/h7,9H,2-6H2,1H3/t7-/m1/s1. The Bertz CT molecular complexity index is 138. The van der Waals surface area contributed by atoms with E-state index < -0.39 is 0 Å². The first-order valence-electron chi connectivity index (χ1n) is 4.32. The predicted molar refractivity (Wildman–Crippen MR) is 54.3 cm³/mol. The fourth-order valence-corrected chi connectivity index (χ4v) is 5.22. The van der Waals surface area contributed by atoms with Crippen LogP contribution in [-0.4, -0.2) is 28.2 Å². The summed E-state index contributed by atoms with van der Waals surface area (Å²) in [6, 6.07) is 0.744. The number of hydrogen-bond acceptors (Lipinski definition) is 3.